The number of benzene rings is 2. The van der Waals surface area contributed by atoms with Crippen LogP contribution < -0.4 is 0 Å². The van der Waals surface area contributed by atoms with Crippen LogP contribution in [0.5, 0.6) is 0 Å². The molecule has 0 aliphatic carbocycles. The quantitative estimate of drug-likeness (QED) is 0.333. The number of hydrogen-bond donors (Lipinski definition) is 0. The summed E-state index contributed by atoms with van der Waals surface area (Å²) in [6.45, 7) is 3.26. The highest BCUT2D eigenvalue weighted by molar-refractivity contribution is 5.89. The number of amides is 2. The number of ether oxygens (including phenoxy) is 3. The molecule has 2 aromatic rings. The lowest BCUT2D eigenvalue weighted by atomic mass is 9.83. The van der Waals surface area contributed by atoms with Gasteiger partial charge in [0.05, 0.1) is 27.7 Å². The van der Waals surface area contributed by atoms with Gasteiger partial charge < -0.3 is 19.1 Å². The van der Waals surface area contributed by atoms with Crippen LogP contribution in [0.1, 0.15) is 32.8 Å². The molecule has 1 aliphatic heterocycles. The van der Waals surface area contributed by atoms with Gasteiger partial charge in [0.15, 0.2) is 12.6 Å². The maximum atomic E-state index is 14.3. The summed E-state index contributed by atoms with van der Waals surface area (Å²) in [5, 5.41) is 0. The van der Waals surface area contributed by atoms with E-state index in [1.54, 1.807) is 20.8 Å². The average molecular weight is 580 g/mol. The average Bonchev–Trinajstić information content (AvgIpc) is 3.32. The van der Waals surface area contributed by atoms with Gasteiger partial charge in [-0.25, -0.2) is 9.28 Å². The van der Waals surface area contributed by atoms with Gasteiger partial charge in [-0.15, -0.1) is 0 Å². The largest absolute Gasteiger partial charge is 0.516 e. The van der Waals surface area contributed by atoms with Crippen LogP contribution >= 0.6 is 0 Å². The van der Waals surface area contributed by atoms with Crippen molar-refractivity contribution in [2.24, 2.45) is 5.41 Å². The van der Waals surface area contributed by atoms with Gasteiger partial charge in [0.2, 0.25) is 0 Å². The first-order chi connectivity index (χ1) is 19.0. The van der Waals surface area contributed by atoms with Gasteiger partial charge in [0.1, 0.15) is 11.6 Å². The number of halogens is 3. The lowest BCUT2D eigenvalue weighted by Gasteiger charge is -2.42. The molecule has 3 rings (SSSR count). The Kier molecular flexibility index (Phi) is 9.24. The third-order valence-corrected chi connectivity index (χ3v) is 7.52. The predicted octanol–water partition coefficient (Wildman–Crippen LogP) is 5.16. The fraction of sp³-hybridized carbons (Fsp3) is 0.500. The summed E-state index contributed by atoms with van der Waals surface area (Å²) >= 11 is 0. The van der Waals surface area contributed by atoms with Crippen LogP contribution in [0.2, 0.25) is 0 Å². The number of hydrogen-bond acceptors (Lipinski definition) is 6. The normalized spacial score (nSPS) is 20.4. The minimum atomic E-state index is -4.73. The Morgan fingerprint density at radius 3 is 2.02 bits per heavy atom. The molecule has 1 fully saturated rings. The molecule has 0 N–H and O–H groups in total. The number of alkyl halides is 3. The molecule has 11 heteroatoms. The zero-order valence-corrected chi connectivity index (χ0v) is 24.4. The first-order valence-corrected chi connectivity index (χ1v) is 13.1. The lowest BCUT2D eigenvalue weighted by Crippen LogP contribution is -2.65. The third-order valence-electron chi connectivity index (χ3n) is 7.52. The molecule has 0 saturated carbocycles. The van der Waals surface area contributed by atoms with Crippen LogP contribution in [0.3, 0.4) is 0 Å². The molecule has 0 bridgehead atoms. The second-order valence-corrected chi connectivity index (χ2v) is 11.8. The number of esters is 1. The van der Waals surface area contributed by atoms with Crippen molar-refractivity contribution >= 4 is 18.0 Å². The Balaban J connectivity index is 2.00. The number of methoxy groups -OCH3 is 2. The van der Waals surface area contributed by atoms with Gasteiger partial charge in [-0.2, -0.15) is 18.0 Å². The molecule has 2 amide bonds. The topological polar surface area (TPSA) is 82.1 Å². The summed E-state index contributed by atoms with van der Waals surface area (Å²) in [7, 11) is 5.34. The van der Waals surface area contributed by atoms with Crippen LogP contribution in [0.25, 0.3) is 11.1 Å². The Morgan fingerprint density at radius 2 is 1.54 bits per heavy atom. The molecular weight excluding hydrogens is 541 g/mol. The van der Waals surface area contributed by atoms with Gasteiger partial charge in [0.25, 0.3) is 5.91 Å². The molecule has 41 heavy (non-hydrogen) atoms. The smallest absolute Gasteiger partial charge is 0.467 e. The van der Waals surface area contributed by atoms with Gasteiger partial charge in [-0.05, 0) is 16.7 Å². The fourth-order valence-electron chi connectivity index (χ4n) is 5.71. The zero-order valence-electron chi connectivity index (χ0n) is 24.4. The molecule has 0 aromatic heterocycles. The minimum absolute atomic E-state index is 0.0447. The number of likely N-dealkylation sites (tertiary alicyclic amines) is 1. The Hall–Kier alpha value is -3.44. The third kappa shape index (κ3) is 6.90. The van der Waals surface area contributed by atoms with Crippen molar-refractivity contribution in [3.8, 4) is 11.1 Å². The van der Waals surface area contributed by atoms with Gasteiger partial charge >= 0.3 is 18.2 Å². The summed E-state index contributed by atoms with van der Waals surface area (Å²) < 4.78 is 53.2. The summed E-state index contributed by atoms with van der Waals surface area (Å²) in [6.07, 6.45) is -5.87. The van der Waals surface area contributed by atoms with Gasteiger partial charge in [-0.3, -0.25) is 4.79 Å². The van der Waals surface area contributed by atoms with E-state index in [1.165, 1.54) is 33.2 Å². The first-order valence-electron chi connectivity index (χ1n) is 13.1. The highest BCUT2D eigenvalue weighted by Crippen LogP contribution is 2.42. The number of quaternary nitrogens is 1. The number of carbonyl (C=O) groups excluding carboxylic acids is 3. The zero-order chi connectivity index (χ0) is 30.8. The predicted molar refractivity (Wildman–Crippen MR) is 145 cm³/mol. The van der Waals surface area contributed by atoms with Crippen LogP contribution in [-0.2, 0) is 29.4 Å². The number of carbonyl (C=O) groups is 3. The van der Waals surface area contributed by atoms with E-state index in [9.17, 15) is 27.6 Å². The van der Waals surface area contributed by atoms with E-state index in [1.807, 2.05) is 54.6 Å². The van der Waals surface area contributed by atoms with Crippen molar-refractivity contribution in [1.29, 1.82) is 0 Å². The van der Waals surface area contributed by atoms with Gasteiger partial charge in [0, 0.05) is 18.9 Å². The standard InChI is InChI=1S/C30H38F3N2O6/c1-28(2,3)24(35(4,5)27(38)41-19-30(31,32)33)25(36)34-18-29(40-7,17-23(34)26(37)39-6)22-15-13-21(14-16-22)20-11-9-8-10-12-20/h8-16,23-24H,17-19H2,1-7H3/q+1/t23?,24-,29+/m1/s1. The molecule has 8 nitrogen and oxygen atoms in total. The first kappa shape index (κ1) is 32.1. The fourth-order valence-corrected chi connectivity index (χ4v) is 5.71. The second-order valence-electron chi connectivity index (χ2n) is 11.8. The molecule has 1 aliphatic rings. The van der Waals surface area contributed by atoms with E-state index in [-0.39, 0.29) is 13.0 Å². The minimum Gasteiger partial charge on any atom is -0.467 e. The van der Waals surface area contributed by atoms with E-state index < -0.39 is 58.3 Å². The summed E-state index contributed by atoms with van der Waals surface area (Å²) in [6, 6.07) is 15.1. The van der Waals surface area contributed by atoms with Crippen LogP contribution in [-0.4, -0.2) is 87.1 Å². The van der Waals surface area contributed by atoms with Crippen LogP contribution in [0, 0.1) is 5.41 Å². The summed E-state index contributed by atoms with van der Waals surface area (Å²) in [4.78, 5) is 41.5. The lowest BCUT2D eigenvalue weighted by molar-refractivity contribution is -0.842. The van der Waals surface area contributed by atoms with Crippen molar-refractivity contribution in [2.45, 2.75) is 51.1 Å². The molecule has 0 radical (unpaired) electrons. The highest BCUT2D eigenvalue weighted by atomic mass is 19.4. The molecule has 1 unspecified atom stereocenters. The second kappa shape index (κ2) is 11.8. The molecule has 2 aromatic carbocycles. The Morgan fingerprint density at radius 1 is 0.976 bits per heavy atom. The number of rotatable bonds is 7. The molecule has 0 spiro atoms. The summed E-state index contributed by atoms with van der Waals surface area (Å²) in [5.74, 6) is -1.28. The molecule has 3 atom stereocenters. The van der Waals surface area contributed by atoms with Crippen molar-refractivity contribution in [3.63, 3.8) is 0 Å². The summed E-state index contributed by atoms with van der Waals surface area (Å²) in [5.41, 5.74) is 0.718. The monoisotopic (exact) mass is 579 g/mol. The van der Waals surface area contributed by atoms with Crippen LogP contribution in [0.15, 0.2) is 54.6 Å². The van der Waals surface area contributed by atoms with Crippen molar-refractivity contribution < 1.29 is 46.2 Å². The molecule has 224 valence electrons. The Labute approximate surface area is 238 Å². The number of nitrogens with zero attached hydrogens (tertiary/aromatic N) is 2. The van der Waals surface area contributed by atoms with E-state index in [0.29, 0.717) is 0 Å². The van der Waals surface area contributed by atoms with E-state index >= 15 is 0 Å². The van der Waals surface area contributed by atoms with E-state index in [0.717, 1.165) is 16.7 Å². The highest BCUT2D eigenvalue weighted by Gasteiger charge is 2.58. The van der Waals surface area contributed by atoms with E-state index in [4.69, 9.17) is 9.47 Å². The molecular formula is C30H38F3N2O6+. The molecule has 1 saturated heterocycles. The van der Waals surface area contributed by atoms with Crippen LogP contribution in [0.4, 0.5) is 18.0 Å². The maximum Gasteiger partial charge on any atom is 0.516 e. The van der Waals surface area contributed by atoms with Crippen molar-refractivity contribution in [1.82, 2.24) is 4.90 Å². The van der Waals surface area contributed by atoms with Crippen molar-refractivity contribution in [2.75, 3.05) is 41.5 Å². The number of likely N-dealkylation sites (N-methyl/N-ethyl adjacent to an activating group) is 1. The van der Waals surface area contributed by atoms with E-state index in [2.05, 4.69) is 4.74 Å². The molecule has 1 heterocycles. The van der Waals surface area contributed by atoms with Gasteiger partial charge in [-0.1, -0.05) is 75.4 Å². The van der Waals surface area contributed by atoms with Crippen molar-refractivity contribution in [3.05, 3.63) is 60.2 Å². The maximum absolute atomic E-state index is 14.3. The SMILES string of the molecule is COC(=O)C1C[C@@](OC)(c2ccc(-c3ccccc3)cc2)CN1C(=O)[C@H](C(C)(C)C)[N+](C)(C)C(=O)OCC(F)(F)F. The Bertz CT molecular complexity index is 1240.